The molecule has 9 aromatic carbocycles. The Hall–Kier alpha value is -7.69. The fourth-order valence-electron chi connectivity index (χ4n) is 8.22. The number of hydrogen-bond donors (Lipinski definition) is 0. The smallest absolute Gasteiger partial charge is 0.227 e. The van der Waals surface area contributed by atoms with Crippen LogP contribution in [0.1, 0.15) is 0 Å². The highest BCUT2D eigenvalue weighted by molar-refractivity contribution is 6.21. The lowest BCUT2D eigenvalue weighted by Crippen LogP contribution is -2.10. The molecule has 2 aromatic heterocycles. The van der Waals surface area contributed by atoms with Crippen LogP contribution in [0.3, 0.4) is 0 Å². The van der Waals surface area contributed by atoms with Crippen molar-refractivity contribution in [2.24, 2.45) is 0 Å². The number of benzene rings is 9. The maximum Gasteiger partial charge on any atom is 0.227 e. The monoisotopic (exact) mass is 730 g/mol. The second kappa shape index (κ2) is 13.6. The molecule has 0 aliphatic rings. The van der Waals surface area contributed by atoms with Crippen molar-refractivity contribution in [3.63, 3.8) is 0 Å². The van der Waals surface area contributed by atoms with Crippen molar-refractivity contribution in [3.8, 4) is 44.8 Å². The Balaban J connectivity index is 1.12. The Morgan fingerprint density at radius 3 is 1.61 bits per heavy atom. The molecule has 0 N–H and O–H groups in total. The predicted octanol–water partition coefficient (Wildman–Crippen LogP) is 15.0. The van der Waals surface area contributed by atoms with Gasteiger partial charge in [0.15, 0.2) is 11.2 Å². The molecule has 0 aliphatic carbocycles. The Labute approximate surface area is 329 Å². The number of hydrogen-bond acceptors (Lipinski definition) is 4. The maximum atomic E-state index is 6.80. The standard InChI is InChI=1S/C53H34N2O2/c1-4-15-35(16-5-1)39-21-14-22-41(33-39)55(40-29-27-37(28-30-40)43-32-31-42(36-17-6-2-7-18-36)44-23-10-11-24-45(43)44)48-34-47-51(57-53(54-47)38-19-8-3-9-20-38)50-46-25-12-13-26-49(46)56-52(48)50/h1-34H. The van der Waals surface area contributed by atoms with E-state index < -0.39 is 0 Å². The van der Waals surface area contributed by atoms with Crippen molar-refractivity contribution in [2.75, 3.05) is 4.90 Å². The fourth-order valence-corrected chi connectivity index (χ4v) is 8.22. The van der Waals surface area contributed by atoms with E-state index in [4.69, 9.17) is 13.8 Å². The summed E-state index contributed by atoms with van der Waals surface area (Å²) in [6.07, 6.45) is 0. The first-order chi connectivity index (χ1) is 28.3. The van der Waals surface area contributed by atoms with Crippen LogP contribution in [0, 0.1) is 0 Å². The number of oxazole rings is 1. The minimum atomic E-state index is 0.571. The third-order valence-corrected chi connectivity index (χ3v) is 10.9. The molecule has 11 rings (SSSR count). The zero-order chi connectivity index (χ0) is 37.7. The van der Waals surface area contributed by atoms with Crippen LogP contribution in [0.4, 0.5) is 17.1 Å². The first-order valence-corrected chi connectivity index (χ1v) is 19.2. The van der Waals surface area contributed by atoms with E-state index in [1.807, 2.05) is 48.5 Å². The average Bonchev–Trinajstić information content (AvgIpc) is 3.90. The number of nitrogens with zero attached hydrogens (tertiary/aromatic N) is 2. The van der Waals surface area contributed by atoms with Crippen LogP contribution in [0.5, 0.6) is 0 Å². The van der Waals surface area contributed by atoms with E-state index >= 15 is 0 Å². The minimum Gasteiger partial charge on any atom is -0.454 e. The van der Waals surface area contributed by atoms with Crippen LogP contribution in [0.25, 0.3) is 88.6 Å². The third-order valence-electron chi connectivity index (χ3n) is 10.9. The highest BCUT2D eigenvalue weighted by Gasteiger charge is 2.25. The van der Waals surface area contributed by atoms with Gasteiger partial charge >= 0.3 is 0 Å². The summed E-state index contributed by atoms with van der Waals surface area (Å²) >= 11 is 0. The van der Waals surface area contributed by atoms with Crippen molar-refractivity contribution in [2.45, 2.75) is 0 Å². The third kappa shape index (κ3) is 5.66. The molecular formula is C53H34N2O2. The van der Waals surface area contributed by atoms with E-state index in [-0.39, 0.29) is 0 Å². The van der Waals surface area contributed by atoms with Gasteiger partial charge in [0.1, 0.15) is 11.1 Å². The summed E-state index contributed by atoms with van der Waals surface area (Å²) in [5, 5.41) is 4.33. The van der Waals surface area contributed by atoms with Crippen LogP contribution in [-0.2, 0) is 0 Å². The number of furan rings is 1. The van der Waals surface area contributed by atoms with E-state index in [9.17, 15) is 0 Å². The van der Waals surface area contributed by atoms with Crippen molar-refractivity contribution >= 4 is 60.9 Å². The Morgan fingerprint density at radius 2 is 0.930 bits per heavy atom. The van der Waals surface area contributed by atoms with Gasteiger partial charge in [-0.15, -0.1) is 0 Å². The van der Waals surface area contributed by atoms with E-state index in [1.54, 1.807) is 0 Å². The number of para-hydroxylation sites is 1. The van der Waals surface area contributed by atoms with E-state index in [2.05, 4.69) is 163 Å². The fraction of sp³-hybridized carbons (Fsp3) is 0. The molecule has 268 valence electrons. The molecule has 0 saturated carbocycles. The van der Waals surface area contributed by atoms with E-state index in [0.29, 0.717) is 11.5 Å². The highest BCUT2D eigenvalue weighted by atomic mass is 16.4. The molecule has 0 bridgehead atoms. The van der Waals surface area contributed by atoms with Gasteiger partial charge in [0.2, 0.25) is 5.89 Å². The first kappa shape index (κ1) is 32.7. The van der Waals surface area contributed by atoms with Gasteiger partial charge in [-0.3, -0.25) is 0 Å². The Morgan fingerprint density at radius 1 is 0.368 bits per heavy atom. The molecule has 11 aromatic rings. The van der Waals surface area contributed by atoms with Crippen molar-refractivity contribution in [1.29, 1.82) is 0 Å². The number of rotatable bonds is 7. The normalized spacial score (nSPS) is 11.5. The van der Waals surface area contributed by atoms with Gasteiger partial charge in [-0.2, -0.15) is 0 Å². The zero-order valence-electron chi connectivity index (χ0n) is 30.8. The van der Waals surface area contributed by atoms with E-state index in [1.165, 1.54) is 27.5 Å². The highest BCUT2D eigenvalue weighted by Crippen LogP contribution is 2.47. The van der Waals surface area contributed by atoms with E-state index in [0.717, 1.165) is 66.8 Å². The van der Waals surface area contributed by atoms with Gasteiger partial charge in [0, 0.05) is 22.3 Å². The number of anilines is 3. The lowest BCUT2D eigenvalue weighted by Gasteiger charge is -2.26. The van der Waals surface area contributed by atoms with Crippen molar-refractivity contribution < 1.29 is 8.83 Å². The molecule has 0 unspecified atom stereocenters. The molecule has 0 fully saturated rings. The molecule has 57 heavy (non-hydrogen) atoms. The Bertz CT molecular complexity index is 3220. The summed E-state index contributed by atoms with van der Waals surface area (Å²) in [5.41, 5.74) is 13.8. The van der Waals surface area contributed by atoms with Gasteiger partial charge in [0.25, 0.3) is 0 Å². The van der Waals surface area contributed by atoms with Crippen LogP contribution < -0.4 is 4.90 Å². The maximum absolute atomic E-state index is 6.80. The van der Waals surface area contributed by atoms with Crippen molar-refractivity contribution in [1.82, 2.24) is 4.98 Å². The predicted molar refractivity (Wildman–Crippen MR) is 235 cm³/mol. The summed E-state index contributed by atoms with van der Waals surface area (Å²) in [6, 6.07) is 72.2. The summed E-state index contributed by atoms with van der Waals surface area (Å²) in [6.45, 7) is 0. The lowest BCUT2D eigenvalue weighted by molar-refractivity contribution is 0.622. The topological polar surface area (TPSA) is 42.4 Å². The molecule has 4 nitrogen and oxygen atoms in total. The molecule has 0 radical (unpaired) electrons. The number of aromatic nitrogens is 1. The van der Waals surface area contributed by atoms with Crippen molar-refractivity contribution in [3.05, 3.63) is 206 Å². The summed E-state index contributed by atoms with van der Waals surface area (Å²) < 4.78 is 13.4. The van der Waals surface area contributed by atoms with Gasteiger partial charge in [-0.25, -0.2) is 4.98 Å². The zero-order valence-corrected chi connectivity index (χ0v) is 30.8. The number of fused-ring (bicyclic) bond motifs is 6. The van der Waals surface area contributed by atoms with Gasteiger partial charge in [-0.1, -0.05) is 158 Å². The lowest BCUT2D eigenvalue weighted by atomic mass is 9.92. The molecule has 0 spiro atoms. The molecule has 4 heteroatoms. The van der Waals surface area contributed by atoms with Crippen LogP contribution >= 0.6 is 0 Å². The molecule has 0 saturated heterocycles. The van der Waals surface area contributed by atoms with Crippen LogP contribution in [0.2, 0.25) is 0 Å². The second-order valence-corrected chi connectivity index (χ2v) is 14.3. The van der Waals surface area contributed by atoms with Gasteiger partial charge < -0.3 is 13.7 Å². The van der Waals surface area contributed by atoms with Gasteiger partial charge in [-0.05, 0) is 92.7 Å². The molecular weight excluding hydrogens is 697 g/mol. The summed E-state index contributed by atoms with van der Waals surface area (Å²) in [4.78, 5) is 7.38. The van der Waals surface area contributed by atoms with Crippen LogP contribution in [-0.4, -0.2) is 4.98 Å². The SMILES string of the molecule is c1ccc(-c2cccc(N(c3ccc(-c4ccc(-c5ccccc5)c5ccccc45)cc3)c3cc4nc(-c5ccccc5)oc4c4c3oc3ccccc34)c2)cc1. The first-order valence-electron chi connectivity index (χ1n) is 19.2. The second-order valence-electron chi connectivity index (χ2n) is 14.3. The Kier molecular flexibility index (Phi) is 7.78. The molecule has 0 atom stereocenters. The quantitative estimate of drug-likeness (QED) is 0.164. The summed E-state index contributed by atoms with van der Waals surface area (Å²) in [5.74, 6) is 0.571. The summed E-state index contributed by atoms with van der Waals surface area (Å²) in [7, 11) is 0. The van der Waals surface area contributed by atoms with Crippen LogP contribution in [0.15, 0.2) is 215 Å². The molecule has 0 aliphatic heterocycles. The van der Waals surface area contributed by atoms with Gasteiger partial charge in [0.05, 0.1) is 11.1 Å². The average molecular weight is 731 g/mol. The largest absolute Gasteiger partial charge is 0.454 e. The molecule has 0 amide bonds. The minimum absolute atomic E-state index is 0.571. The molecule has 2 heterocycles.